The molecule has 0 bridgehead atoms. The average molecular weight is 690 g/mol. The Kier molecular flexibility index (Phi) is 10.2. The van der Waals surface area contributed by atoms with Crippen LogP contribution in [0.4, 0.5) is 0 Å². The monoisotopic (exact) mass is 689 g/mol. The number of nitrogens with two attached hydrogens (primary N) is 1. The second-order valence-electron chi connectivity index (χ2n) is 16.7. The molecule has 45 heavy (non-hydrogen) atoms. The average Bonchev–Trinajstić information content (AvgIpc) is 3.26. The molecule has 3 heterocycles. The molecule has 1 spiro atoms. The van der Waals surface area contributed by atoms with Crippen LogP contribution in [-0.2, 0) is 34.4 Å². The van der Waals surface area contributed by atoms with Crippen LogP contribution in [0.5, 0.6) is 0 Å². The number of aromatic nitrogens is 2. The Morgan fingerprint density at radius 1 is 1.02 bits per heavy atom. The molecule has 0 amide bonds. The van der Waals surface area contributed by atoms with Gasteiger partial charge in [-0.25, -0.2) is 8.98 Å². The van der Waals surface area contributed by atoms with E-state index >= 15 is 0 Å². The van der Waals surface area contributed by atoms with Crippen molar-refractivity contribution in [2.24, 2.45) is 5.73 Å². The minimum absolute atomic E-state index is 0.0364. The van der Waals surface area contributed by atoms with E-state index in [9.17, 15) is 18.0 Å². The molecule has 1 aromatic heterocycles. The highest BCUT2D eigenvalue weighted by Gasteiger charge is 2.67. The third-order valence-electron chi connectivity index (χ3n) is 9.92. The van der Waals surface area contributed by atoms with Gasteiger partial charge < -0.3 is 23.8 Å². The molecule has 2 aliphatic heterocycles. The Labute approximate surface area is 271 Å². The molecule has 15 heteroatoms. The van der Waals surface area contributed by atoms with E-state index in [2.05, 4.69) is 54.6 Å². The summed E-state index contributed by atoms with van der Waals surface area (Å²) >= 11 is 0. The first kappa shape index (κ1) is 37.9. The van der Waals surface area contributed by atoms with Crippen LogP contribution in [0, 0.1) is 6.92 Å². The van der Waals surface area contributed by atoms with Gasteiger partial charge in [-0.1, -0.05) is 41.5 Å². The fourth-order valence-corrected chi connectivity index (χ4v) is 8.56. The summed E-state index contributed by atoms with van der Waals surface area (Å²) in [6.07, 6.45) is -1.28. The van der Waals surface area contributed by atoms with Crippen LogP contribution in [0.1, 0.15) is 59.8 Å². The molecule has 2 aliphatic rings. The van der Waals surface area contributed by atoms with Gasteiger partial charge in [0, 0.05) is 24.7 Å². The highest BCUT2D eigenvalue weighted by molar-refractivity contribution is 7.90. The number of hydrogen-bond acceptors (Lipinski definition) is 9. The van der Waals surface area contributed by atoms with E-state index in [1.54, 1.807) is 6.92 Å². The topological polar surface area (TPSA) is 141 Å². The molecule has 12 nitrogen and oxygen atoms in total. The summed E-state index contributed by atoms with van der Waals surface area (Å²) in [6, 6.07) is 0. The molecular formula is C30H57N4O8SSi2+. The van der Waals surface area contributed by atoms with Crippen LogP contribution >= 0.6 is 0 Å². The summed E-state index contributed by atoms with van der Waals surface area (Å²) in [4.78, 5) is 27.4. The van der Waals surface area contributed by atoms with Crippen LogP contribution in [0.2, 0.25) is 36.3 Å². The number of nitrogens with zero attached hydrogens (tertiary/aromatic N) is 3. The van der Waals surface area contributed by atoms with Crippen molar-refractivity contribution in [1.82, 2.24) is 9.13 Å². The Morgan fingerprint density at radius 2 is 1.58 bits per heavy atom. The number of hydrogen-bond donors (Lipinski definition) is 1. The van der Waals surface area contributed by atoms with E-state index in [0.717, 1.165) is 12.0 Å². The van der Waals surface area contributed by atoms with Crippen molar-refractivity contribution in [1.29, 1.82) is 0 Å². The molecule has 3 rings (SSSR count). The second kappa shape index (κ2) is 12.1. The molecule has 4 atom stereocenters. The van der Waals surface area contributed by atoms with E-state index < -0.39 is 56.5 Å². The predicted octanol–water partition coefficient (Wildman–Crippen LogP) is 3.62. The SMILES string of the molecule is Cc1cn([C@@H]2O[C@H](CO[Si](C)(C)C(C)(C)C)[C@@]3(OS(=O)(=O)C=C3N)[C@H]2O[Si](C)(C)C(C)(C)C)c(=O)n(CCC[N+](C)(C)C)c1=O. The first-order valence-electron chi connectivity index (χ1n) is 15.6. The number of ether oxygens (including phenoxy) is 1. The Bertz CT molecular complexity index is 1530. The molecule has 1 saturated heterocycles. The van der Waals surface area contributed by atoms with Crippen molar-refractivity contribution in [3.8, 4) is 0 Å². The Hall–Kier alpha value is -1.60. The normalized spacial score (nSPS) is 26.1. The highest BCUT2D eigenvalue weighted by atomic mass is 32.2. The lowest BCUT2D eigenvalue weighted by Gasteiger charge is -2.43. The van der Waals surface area contributed by atoms with Gasteiger partial charge in [0.05, 0.1) is 45.4 Å². The van der Waals surface area contributed by atoms with E-state index in [4.69, 9.17) is 23.5 Å². The van der Waals surface area contributed by atoms with Crippen molar-refractivity contribution >= 4 is 26.8 Å². The quantitative estimate of drug-likeness (QED) is 0.222. The fraction of sp³-hybridized carbons (Fsp3) is 0.800. The van der Waals surface area contributed by atoms with Crippen molar-refractivity contribution < 1.29 is 30.7 Å². The lowest BCUT2D eigenvalue weighted by molar-refractivity contribution is -0.870. The molecule has 0 aromatic carbocycles. The van der Waals surface area contributed by atoms with Crippen LogP contribution in [-0.4, -0.2) is 90.8 Å². The van der Waals surface area contributed by atoms with Crippen LogP contribution in [0.3, 0.4) is 0 Å². The molecule has 0 radical (unpaired) electrons. The van der Waals surface area contributed by atoms with Gasteiger partial charge in [-0.2, -0.15) is 8.42 Å². The van der Waals surface area contributed by atoms with Crippen LogP contribution in [0.25, 0.3) is 0 Å². The van der Waals surface area contributed by atoms with Gasteiger partial charge in [0.15, 0.2) is 28.5 Å². The van der Waals surface area contributed by atoms with Crippen molar-refractivity contribution in [3.63, 3.8) is 0 Å². The van der Waals surface area contributed by atoms with Crippen LogP contribution < -0.4 is 17.0 Å². The summed E-state index contributed by atoms with van der Waals surface area (Å²) in [5.74, 6) is 0. The lowest BCUT2D eigenvalue weighted by atomic mass is 9.89. The second-order valence-corrected chi connectivity index (χ2v) is 27.6. The summed E-state index contributed by atoms with van der Waals surface area (Å²) in [6.45, 7) is 23.3. The minimum Gasteiger partial charge on any atom is -0.414 e. The van der Waals surface area contributed by atoms with Crippen molar-refractivity contribution in [2.75, 3.05) is 34.3 Å². The third kappa shape index (κ3) is 7.61. The summed E-state index contributed by atoms with van der Waals surface area (Å²) < 4.78 is 55.4. The van der Waals surface area contributed by atoms with Crippen LogP contribution in [0.15, 0.2) is 26.9 Å². The third-order valence-corrected chi connectivity index (χ3v) is 19.9. The van der Waals surface area contributed by atoms with Crippen molar-refractivity contribution in [2.45, 2.75) is 122 Å². The number of aryl methyl sites for hydroxylation is 1. The molecular weight excluding hydrogens is 633 g/mol. The standard InChI is InChI=1S/C30H57N4O8SSi2/c1-21-18-33(27(36)32(25(21)35)16-15-17-34(8,9)10)26-24(41-45(13,14)29(5,6)7)30(22(31)20-43(37,38)42-30)23(40-26)19-39-44(11,12)28(2,3)4/h18,20,23-24,26H,15-17,19,31H2,1-14H3/q+1/t23-,24+,26-,30-/m1/s1. The molecule has 258 valence electrons. The maximum atomic E-state index is 14.1. The van der Waals surface area contributed by atoms with E-state index in [1.807, 2.05) is 34.2 Å². The van der Waals surface area contributed by atoms with Crippen molar-refractivity contribution in [3.05, 3.63) is 43.7 Å². The summed E-state index contributed by atoms with van der Waals surface area (Å²) in [7, 11) is -3.11. The van der Waals surface area contributed by atoms with Gasteiger partial charge in [0.1, 0.15) is 12.2 Å². The highest BCUT2D eigenvalue weighted by Crippen LogP contribution is 2.52. The maximum absolute atomic E-state index is 14.1. The van der Waals surface area contributed by atoms with Gasteiger partial charge in [-0.05, 0) is 43.2 Å². The Balaban J connectivity index is 2.26. The predicted molar refractivity (Wildman–Crippen MR) is 181 cm³/mol. The number of quaternary nitrogens is 1. The van der Waals surface area contributed by atoms with E-state index in [1.165, 1.54) is 15.3 Å². The molecule has 0 aliphatic carbocycles. The zero-order chi connectivity index (χ0) is 34.8. The molecule has 0 saturated carbocycles. The first-order valence-corrected chi connectivity index (χ1v) is 22.9. The van der Waals surface area contributed by atoms with Gasteiger partial charge in [-0.15, -0.1) is 0 Å². The van der Waals surface area contributed by atoms with E-state index in [0.29, 0.717) is 16.5 Å². The molecule has 1 aromatic rings. The van der Waals surface area contributed by atoms with E-state index in [-0.39, 0.29) is 34.5 Å². The molecule has 1 fully saturated rings. The Morgan fingerprint density at radius 3 is 2.04 bits per heavy atom. The summed E-state index contributed by atoms with van der Waals surface area (Å²) in [5, 5.41) is 0.462. The minimum atomic E-state index is -4.21. The van der Waals surface area contributed by atoms with Gasteiger partial charge in [-0.3, -0.25) is 13.9 Å². The largest absolute Gasteiger partial charge is 0.414 e. The maximum Gasteiger partial charge on any atom is 0.333 e. The zero-order valence-electron chi connectivity index (χ0n) is 29.8. The van der Waals surface area contributed by atoms with Gasteiger partial charge in [0.2, 0.25) is 0 Å². The number of rotatable bonds is 10. The first-order chi connectivity index (χ1) is 20.1. The molecule has 0 unspecified atom stereocenters. The molecule has 2 N–H and O–H groups in total. The lowest BCUT2D eigenvalue weighted by Crippen LogP contribution is -2.59. The van der Waals surface area contributed by atoms with Gasteiger partial charge >= 0.3 is 5.69 Å². The smallest absolute Gasteiger partial charge is 0.333 e. The fourth-order valence-electron chi connectivity index (χ4n) is 5.05. The van der Waals surface area contributed by atoms with Gasteiger partial charge in [0.25, 0.3) is 15.7 Å². The summed E-state index contributed by atoms with van der Waals surface area (Å²) in [5.41, 5.74) is 4.09. The zero-order valence-corrected chi connectivity index (χ0v) is 32.6.